The van der Waals surface area contributed by atoms with Crippen molar-refractivity contribution in [2.45, 2.75) is 45.8 Å². The van der Waals surface area contributed by atoms with Gasteiger partial charge in [-0.25, -0.2) is 9.97 Å². The van der Waals surface area contributed by atoms with E-state index in [-0.39, 0.29) is 0 Å². The van der Waals surface area contributed by atoms with Gasteiger partial charge in [0.2, 0.25) is 0 Å². The monoisotopic (exact) mass is 464 g/mol. The largest absolute Gasteiger partial charge is 0.354 e. The highest BCUT2D eigenvalue weighted by Crippen LogP contribution is 2.29. The molecule has 154 valence electrons. The molecule has 0 saturated carbocycles. The highest BCUT2D eigenvalue weighted by molar-refractivity contribution is 9.10. The molecule has 0 aliphatic carbocycles. The van der Waals surface area contributed by atoms with Crippen LogP contribution in [0.2, 0.25) is 0 Å². The summed E-state index contributed by atoms with van der Waals surface area (Å²) in [4.78, 5) is 12.1. The average Bonchev–Trinajstić information content (AvgIpc) is 3.47. The molecule has 6 nitrogen and oxygen atoms in total. The molecule has 1 unspecified atom stereocenters. The fraction of sp³-hybridized carbons (Fsp3) is 0.348. The Morgan fingerprint density at radius 1 is 1.17 bits per heavy atom. The van der Waals surface area contributed by atoms with Crippen LogP contribution < -0.4 is 4.90 Å². The number of rotatable bonds is 5. The summed E-state index contributed by atoms with van der Waals surface area (Å²) in [5.41, 5.74) is 4.10. The van der Waals surface area contributed by atoms with E-state index in [1.54, 1.807) is 0 Å². The minimum Gasteiger partial charge on any atom is -0.354 e. The molecule has 30 heavy (non-hydrogen) atoms. The smallest absolute Gasteiger partial charge is 0.143 e. The lowest BCUT2D eigenvalue weighted by molar-refractivity contribution is 0.639. The Balaban J connectivity index is 1.55. The van der Waals surface area contributed by atoms with Crippen LogP contribution in [-0.2, 0) is 13.1 Å². The number of benzene rings is 1. The molecule has 0 N–H and O–H groups in total. The van der Waals surface area contributed by atoms with E-state index in [9.17, 15) is 0 Å². The van der Waals surface area contributed by atoms with Crippen LogP contribution in [0.1, 0.15) is 32.4 Å². The summed E-state index contributed by atoms with van der Waals surface area (Å²) >= 11 is 3.57. The maximum absolute atomic E-state index is 4.95. The minimum absolute atomic E-state index is 0.555. The van der Waals surface area contributed by atoms with E-state index in [4.69, 9.17) is 9.97 Å². The molecule has 7 heteroatoms. The molecule has 1 aromatic carbocycles. The zero-order chi connectivity index (χ0) is 20.7. The van der Waals surface area contributed by atoms with Crippen molar-refractivity contribution in [2.75, 3.05) is 11.4 Å². The quantitative estimate of drug-likeness (QED) is 0.411. The van der Waals surface area contributed by atoms with Crippen molar-refractivity contribution < 1.29 is 0 Å². The number of halogens is 1. The van der Waals surface area contributed by atoms with Crippen molar-refractivity contribution in [1.82, 2.24) is 24.3 Å². The van der Waals surface area contributed by atoms with Crippen LogP contribution in [0.15, 0.2) is 53.3 Å². The first kappa shape index (κ1) is 19.3. The minimum atomic E-state index is 0.555. The number of hydrogen-bond donors (Lipinski definition) is 0. The van der Waals surface area contributed by atoms with Gasteiger partial charge in [0, 0.05) is 41.6 Å². The van der Waals surface area contributed by atoms with E-state index in [0.29, 0.717) is 12.6 Å². The predicted octanol–water partition coefficient (Wildman–Crippen LogP) is 5.11. The maximum atomic E-state index is 4.95. The first-order valence-electron chi connectivity index (χ1n) is 10.5. The number of nitrogens with zero attached hydrogens (tertiary/aromatic N) is 6. The molecule has 0 spiro atoms. The van der Waals surface area contributed by atoms with E-state index in [1.165, 1.54) is 12.8 Å². The van der Waals surface area contributed by atoms with Crippen LogP contribution in [0.4, 0.5) is 5.82 Å². The van der Waals surface area contributed by atoms with Crippen LogP contribution in [0.25, 0.3) is 22.4 Å². The van der Waals surface area contributed by atoms with Crippen LogP contribution in [0, 0.1) is 0 Å². The Morgan fingerprint density at radius 2 is 2.07 bits per heavy atom. The third-order valence-electron chi connectivity index (χ3n) is 5.90. The number of pyridine rings is 1. The fourth-order valence-electron chi connectivity index (χ4n) is 4.27. The normalized spacial score (nSPS) is 16.6. The van der Waals surface area contributed by atoms with Gasteiger partial charge in [-0.15, -0.1) is 0 Å². The molecule has 5 rings (SSSR count). The van der Waals surface area contributed by atoms with Gasteiger partial charge in [-0.3, -0.25) is 4.68 Å². The molecule has 1 aliphatic heterocycles. The summed E-state index contributed by atoms with van der Waals surface area (Å²) in [5, 5.41) is 4.67. The van der Waals surface area contributed by atoms with E-state index in [0.717, 1.165) is 51.5 Å². The zero-order valence-electron chi connectivity index (χ0n) is 17.3. The summed E-state index contributed by atoms with van der Waals surface area (Å²) in [7, 11) is 0. The molecule has 1 aliphatic rings. The lowest BCUT2D eigenvalue weighted by Gasteiger charge is -2.22. The summed E-state index contributed by atoms with van der Waals surface area (Å²) in [6.45, 7) is 6.99. The van der Waals surface area contributed by atoms with E-state index < -0.39 is 0 Å². The number of hydrogen-bond acceptors (Lipinski definition) is 4. The molecule has 0 bridgehead atoms. The molecule has 4 aromatic rings. The Hall–Kier alpha value is -2.67. The van der Waals surface area contributed by atoms with Crippen molar-refractivity contribution in [3.63, 3.8) is 0 Å². The van der Waals surface area contributed by atoms with Crippen molar-refractivity contribution in [3.8, 4) is 11.4 Å². The molecular formula is C23H25BrN6. The molecule has 1 atom stereocenters. The van der Waals surface area contributed by atoms with Crippen LogP contribution in [0.5, 0.6) is 0 Å². The Bertz CT molecular complexity index is 1180. The average molecular weight is 465 g/mol. The second-order valence-electron chi connectivity index (χ2n) is 7.91. The van der Waals surface area contributed by atoms with Gasteiger partial charge in [0.1, 0.15) is 11.6 Å². The van der Waals surface area contributed by atoms with Gasteiger partial charge >= 0.3 is 0 Å². The number of aryl methyl sites for hydroxylation is 1. The van der Waals surface area contributed by atoms with Crippen LogP contribution in [-0.4, -0.2) is 36.9 Å². The van der Waals surface area contributed by atoms with Gasteiger partial charge < -0.3 is 9.47 Å². The second kappa shape index (κ2) is 7.87. The summed E-state index contributed by atoms with van der Waals surface area (Å²) in [6.07, 6.45) is 6.45. The maximum Gasteiger partial charge on any atom is 0.143 e. The van der Waals surface area contributed by atoms with Crippen molar-refractivity contribution in [3.05, 3.63) is 59.0 Å². The molecule has 1 fully saturated rings. The number of aromatic nitrogens is 5. The molecule has 0 amide bonds. The third kappa shape index (κ3) is 3.51. The van der Waals surface area contributed by atoms with Crippen LogP contribution >= 0.6 is 15.9 Å². The first-order valence-corrected chi connectivity index (χ1v) is 11.3. The second-order valence-corrected chi connectivity index (χ2v) is 8.82. The number of imidazole rings is 1. The summed E-state index contributed by atoms with van der Waals surface area (Å²) in [5.74, 6) is 1.97. The zero-order valence-corrected chi connectivity index (χ0v) is 18.9. The first-order chi connectivity index (χ1) is 14.6. The number of anilines is 1. The molecule has 1 saturated heterocycles. The third-order valence-corrected chi connectivity index (χ3v) is 6.40. The van der Waals surface area contributed by atoms with E-state index in [1.807, 2.05) is 17.1 Å². The molecule has 3 aromatic heterocycles. The Labute approximate surface area is 184 Å². The predicted molar refractivity (Wildman–Crippen MR) is 124 cm³/mol. The highest BCUT2D eigenvalue weighted by Gasteiger charge is 2.22. The van der Waals surface area contributed by atoms with Gasteiger partial charge in [0.25, 0.3) is 0 Å². The van der Waals surface area contributed by atoms with E-state index in [2.05, 4.69) is 80.7 Å². The van der Waals surface area contributed by atoms with Crippen molar-refractivity contribution in [1.29, 1.82) is 0 Å². The van der Waals surface area contributed by atoms with Crippen molar-refractivity contribution >= 4 is 32.8 Å². The number of fused-ring (bicyclic) bond motifs is 1. The van der Waals surface area contributed by atoms with Gasteiger partial charge in [-0.2, -0.15) is 5.10 Å². The topological polar surface area (TPSA) is 51.8 Å². The van der Waals surface area contributed by atoms with Crippen LogP contribution in [0.3, 0.4) is 0 Å². The Morgan fingerprint density at radius 3 is 2.77 bits per heavy atom. The molecular weight excluding hydrogens is 440 g/mol. The Kier molecular flexibility index (Phi) is 5.06. The molecule has 4 heterocycles. The van der Waals surface area contributed by atoms with Gasteiger partial charge in [0.05, 0.1) is 23.3 Å². The van der Waals surface area contributed by atoms with Crippen molar-refractivity contribution in [2.24, 2.45) is 0 Å². The highest BCUT2D eigenvalue weighted by atomic mass is 79.9. The SMILES string of the molecule is CCn1ccc(Cn2c(-c3ccc(N4CCCC4C)nc3)nc3cc(Br)ccc32)n1. The fourth-order valence-corrected chi connectivity index (χ4v) is 4.62. The lowest BCUT2D eigenvalue weighted by Crippen LogP contribution is -2.26. The molecule has 0 radical (unpaired) electrons. The summed E-state index contributed by atoms with van der Waals surface area (Å²) in [6, 6.07) is 13.1. The lowest BCUT2D eigenvalue weighted by atomic mass is 10.2. The van der Waals surface area contributed by atoms with Gasteiger partial charge in [-0.1, -0.05) is 15.9 Å². The van der Waals surface area contributed by atoms with E-state index >= 15 is 0 Å². The standard InChI is InChI=1S/C23H25BrN6/c1-3-28-12-10-19(27-28)15-30-21-8-7-18(24)13-20(21)26-23(30)17-6-9-22(25-14-17)29-11-4-5-16(29)2/h6-10,12-14,16H,3-5,11,15H2,1-2H3. The summed E-state index contributed by atoms with van der Waals surface area (Å²) < 4.78 is 5.22. The van der Waals surface area contributed by atoms with Gasteiger partial charge in [-0.05, 0) is 63.1 Å². The van der Waals surface area contributed by atoms with Gasteiger partial charge in [0.15, 0.2) is 0 Å².